The highest BCUT2D eigenvalue weighted by molar-refractivity contribution is 6.33. The average Bonchev–Trinajstić information content (AvgIpc) is 2.88. The number of halogens is 1. The molecule has 0 saturated carbocycles. The smallest absolute Gasteiger partial charge is 0.190 e. The number of hydrogen-bond donors (Lipinski definition) is 0. The fourth-order valence-electron chi connectivity index (χ4n) is 1.85. The molecule has 5 nitrogen and oxygen atoms in total. The van der Waals surface area contributed by atoms with Crippen LogP contribution >= 0.6 is 11.6 Å². The van der Waals surface area contributed by atoms with Gasteiger partial charge in [0.1, 0.15) is 17.3 Å². The highest BCUT2D eigenvalue weighted by atomic mass is 35.5. The Labute approximate surface area is 127 Å². The molecule has 0 aliphatic heterocycles. The number of rotatable bonds is 4. The van der Waals surface area contributed by atoms with E-state index in [0.717, 1.165) is 0 Å². The van der Waals surface area contributed by atoms with Gasteiger partial charge in [0.25, 0.3) is 0 Å². The molecule has 1 aromatic heterocycles. The third-order valence-corrected chi connectivity index (χ3v) is 3.05. The first kappa shape index (κ1) is 14.8. The SMILES string of the molecule is CN(C)/C=C(\C=O)c1onc(-c2ccccc2Cl)c1C#N. The number of carbonyl (C=O) groups excluding carboxylic acids is 1. The molecule has 1 heterocycles. The Kier molecular flexibility index (Phi) is 4.41. The summed E-state index contributed by atoms with van der Waals surface area (Å²) in [6.45, 7) is 0. The third-order valence-electron chi connectivity index (χ3n) is 2.72. The van der Waals surface area contributed by atoms with Crippen LogP contribution in [0.2, 0.25) is 5.02 Å². The van der Waals surface area contributed by atoms with Gasteiger partial charge in [-0.3, -0.25) is 4.79 Å². The summed E-state index contributed by atoms with van der Waals surface area (Å²) in [4.78, 5) is 12.9. The second kappa shape index (κ2) is 6.25. The van der Waals surface area contributed by atoms with E-state index in [-0.39, 0.29) is 16.9 Å². The number of aldehydes is 1. The zero-order valence-electron chi connectivity index (χ0n) is 11.5. The van der Waals surface area contributed by atoms with Crippen molar-refractivity contribution in [3.8, 4) is 17.3 Å². The summed E-state index contributed by atoms with van der Waals surface area (Å²) >= 11 is 6.11. The molecule has 1 aromatic carbocycles. The van der Waals surface area contributed by atoms with Crippen molar-refractivity contribution in [2.75, 3.05) is 14.1 Å². The molecule has 0 N–H and O–H groups in total. The molecule has 21 heavy (non-hydrogen) atoms. The molecular formula is C15H12ClN3O2. The van der Waals surface area contributed by atoms with Gasteiger partial charge in [0.2, 0.25) is 0 Å². The molecule has 6 heteroatoms. The molecule has 0 aliphatic carbocycles. The number of aromatic nitrogens is 1. The molecular weight excluding hydrogens is 290 g/mol. The first-order valence-electron chi connectivity index (χ1n) is 6.07. The standard InChI is InChI=1S/C15H12ClN3O2/c1-19(2)8-10(9-20)15-12(7-17)14(18-21-15)11-5-3-4-6-13(11)16/h3-6,8-9H,1-2H3/b10-8+. The quantitative estimate of drug-likeness (QED) is 0.641. The van der Waals surface area contributed by atoms with Crippen LogP contribution in [-0.2, 0) is 4.79 Å². The van der Waals surface area contributed by atoms with Gasteiger partial charge in [0.15, 0.2) is 12.0 Å². The maximum absolute atomic E-state index is 11.2. The van der Waals surface area contributed by atoms with Crippen LogP contribution in [-0.4, -0.2) is 30.4 Å². The zero-order chi connectivity index (χ0) is 15.4. The maximum atomic E-state index is 11.2. The Bertz CT molecular complexity index is 742. The molecule has 0 unspecified atom stereocenters. The molecule has 0 amide bonds. The normalized spacial score (nSPS) is 11.0. The van der Waals surface area contributed by atoms with E-state index in [1.165, 1.54) is 0 Å². The van der Waals surface area contributed by atoms with Crippen molar-refractivity contribution in [1.82, 2.24) is 10.1 Å². The first-order valence-corrected chi connectivity index (χ1v) is 6.44. The fourth-order valence-corrected chi connectivity index (χ4v) is 2.07. The van der Waals surface area contributed by atoms with Gasteiger partial charge >= 0.3 is 0 Å². The number of nitriles is 1. The zero-order valence-corrected chi connectivity index (χ0v) is 12.3. The Hall–Kier alpha value is -2.58. The van der Waals surface area contributed by atoms with Crippen molar-refractivity contribution in [3.05, 3.63) is 46.8 Å². The van der Waals surface area contributed by atoms with Crippen molar-refractivity contribution in [3.63, 3.8) is 0 Å². The van der Waals surface area contributed by atoms with Gasteiger partial charge in [-0.2, -0.15) is 5.26 Å². The lowest BCUT2D eigenvalue weighted by atomic mass is 10.0. The van der Waals surface area contributed by atoms with Crippen LogP contribution in [0.25, 0.3) is 16.8 Å². The van der Waals surface area contributed by atoms with E-state index in [9.17, 15) is 10.1 Å². The fraction of sp³-hybridized carbons (Fsp3) is 0.133. The van der Waals surface area contributed by atoms with Crippen molar-refractivity contribution in [2.24, 2.45) is 0 Å². The summed E-state index contributed by atoms with van der Waals surface area (Å²) in [5.41, 5.74) is 1.33. The van der Waals surface area contributed by atoms with Crippen LogP contribution in [0, 0.1) is 11.3 Å². The second-order valence-electron chi connectivity index (χ2n) is 4.49. The van der Waals surface area contributed by atoms with Crippen molar-refractivity contribution >= 4 is 23.5 Å². The Morgan fingerprint density at radius 1 is 1.43 bits per heavy atom. The molecule has 0 radical (unpaired) electrons. The number of nitrogens with zero attached hydrogens (tertiary/aromatic N) is 3. The van der Waals surface area contributed by atoms with E-state index in [0.29, 0.717) is 22.6 Å². The van der Waals surface area contributed by atoms with Crippen LogP contribution in [0.3, 0.4) is 0 Å². The molecule has 0 spiro atoms. The lowest BCUT2D eigenvalue weighted by Crippen LogP contribution is -2.03. The Morgan fingerprint density at radius 2 is 2.14 bits per heavy atom. The van der Waals surface area contributed by atoms with Crippen molar-refractivity contribution < 1.29 is 9.32 Å². The Morgan fingerprint density at radius 3 is 2.71 bits per heavy atom. The minimum atomic E-state index is 0.135. The summed E-state index contributed by atoms with van der Waals surface area (Å²) < 4.78 is 5.19. The topological polar surface area (TPSA) is 70.1 Å². The lowest BCUT2D eigenvalue weighted by Gasteiger charge is -2.05. The minimum Gasteiger partial charge on any atom is -0.383 e. The number of hydrogen-bond acceptors (Lipinski definition) is 5. The van der Waals surface area contributed by atoms with Gasteiger partial charge < -0.3 is 9.42 Å². The predicted octanol–water partition coefficient (Wildman–Crippen LogP) is 2.97. The maximum Gasteiger partial charge on any atom is 0.190 e. The summed E-state index contributed by atoms with van der Waals surface area (Å²) in [7, 11) is 3.53. The van der Waals surface area contributed by atoms with E-state index in [1.807, 2.05) is 6.07 Å². The molecule has 0 fully saturated rings. The Balaban J connectivity index is 2.62. The van der Waals surface area contributed by atoms with E-state index in [1.54, 1.807) is 49.5 Å². The highest BCUT2D eigenvalue weighted by Gasteiger charge is 2.21. The van der Waals surface area contributed by atoms with E-state index < -0.39 is 0 Å². The summed E-state index contributed by atoms with van der Waals surface area (Å²) in [6, 6.07) is 9.02. The van der Waals surface area contributed by atoms with Gasteiger partial charge in [-0.1, -0.05) is 35.0 Å². The summed E-state index contributed by atoms with van der Waals surface area (Å²) in [5.74, 6) is 0.135. The van der Waals surface area contributed by atoms with Gasteiger partial charge in [-0.05, 0) is 6.07 Å². The van der Waals surface area contributed by atoms with Gasteiger partial charge in [0, 0.05) is 25.9 Å². The molecule has 106 valence electrons. The molecule has 0 saturated heterocycles. The van der Waals surface area contributed by atoms with E-state index in [4.69, 9.17) is 16.1 Å². The molecule has 0 atom stereocenters. The molecule has 2 rings (SSSR count). The second-order valence-corrected chi connectivity index (χ2v) is 4.90. The largest absolute Gasteiger partial charge is 0.383 e. The number of carbonyl (C=O) groups is 1. The average molecular weight is 302 g/mol. The monoisotopic (exact) mass is 301 g/mol. The molecule has 0 bridgehead atoms. The summed E-state index contributed by atoms with van der Waals surface area (Å²) in [6.07, 6.45) is 2.18. The van der Waals surface area contributed by atoms with Gasteiger partial charge in [-0.25, -0.2) is 0 Å². The van der Waals surface area contributed by atoms with Gasteiger partial charge in [0.05, 0.1) is 10.6 Å². The van der Waals surface area contributed by atoms with E-state index in [2.05, 4.69) is 5.16 Å². The van der Waals surface area contributed by atoms with E-state index >= 15 is 0 Å². The molecule has 0 aliphatic rings. The van der Waals surface area contributed by atoms with Crippen LogP contribution in [0.4, 0.5) is 0 Å². The van der Waals surface area contributed by atoms with Crippen LogP contribution in [0.1, 0.15) is 11.3 Å². The van der Waals surface area contributed by atoms with Crippen LogP contribution in [0.15, 0.2) is 35.0 Å². The van der Waals surface area contributed by atoms with Crippen LogP contribution in [0.5, 0.6) is 0 Å². The van der Waals surface area contributed by atoms with Gasteiger partial charge in [-0.15, -0.1) is 0 Å². The summed E-state index contributed by atoms with van der Waals surface area (Å²) in [5, 5.41) is 13.7. The predicted molar refractivity (Wildman–Crippen MR) is 79.4 cm³/mol. The first-order chi connectivity index (χ1) is 10.1. The van der Waals surface area contributed by atoms with Crippen molar-refractivity contribution in [2.45, 2.75) is 0 Å². The number of allylic oxidation sites excluding steroid dienone is 1. The van der Waals surface area contributed by atoms with Crippen molar-refractivity contribution in [1.29, 1.82) is 5.26 Å². The third kappa shape index (κ3) is 2.96. The number of benzene rings is 1. The lowest BCUT2D eigenvalue weighted by molar-refractivity contribution is -0.103. The molecule has 2 aromatic rings. The minimum absolute atomic E-state index is 0.135. The van der Waals surface area contributed by atoms with Crippen LogP contribution < -0.4 is 0 Å². The highest BCUT2D eigenvalue weighted by Crippen LogP contribution is 2.32.